The molecule has 1 aliphatic carbocycles. The molecule has 0 amide bonds. The molecule has 1 aromatic carbocycles. The molecule has 3 nitrogen and oxygen atoms in total. The monoisotopic (exact) mass is 310 g/mol. The van der Waals surface area contributed by atoms with E-state index >= 15 is 0 Å². The molecule has 1 aromatic rings. The fourth-order valence-electron chi connectivity index (χ4n) is 2.42. The van der Waals surface area contributed by atoms with E-state index in [-0.39, 0.29) is 0 Å². The smallest absolute Gasteiger partial charge is 0.0642 e. The van der Waals surface area contributed by atoms with Crippen molar-refractivity contribution in [1.29, 1.82) is 0 Å². The second-order valence-electron chi connectivity index (χ2n) is 6.27. The van der Waals surface area contributed by atoms with Crippen LogP contribution in [0.5, 0.6) is 0 Å². The van der Waals surface area contributed by atoms with Gasteiger partial charge in [-0.2, -0.15) is 0 Å². The number of nitrogens with zero attached hydrogens (tertiary/aromatic N) is 1. The predicted molar refractivity (Wildman–Crippen MR) is 90.2 cm³/mol. The Morgan fingerprint density at radius 1 is 1.38 bits per heavy atom. The van der Waals surface area contributed by atoms with Crippen LogP contribution in [0, 0.1) is 5.92 Å². The van der Waals surface area contributed by atoms with Gasteiger partial charge < -0.3 is 15.0 Å². The number of benzene rings is 1. The van der Waals surface area contributed by atoms with Crippen LogP contribution in [0.2, 0.25) is 5.02 Å². The summed E-state index contributed by atoms with van der Waals surface area (Å²) in [7, 11) is 1.74. The van der Waals surface area contributed by atoms with Crippen LogP contribution in [-0.4, -0.2) is 32.8 Å². The Hall–Kier alpha value is -0.770. The van der Waals surface area contributed by atoms with Crippen molar-refractivity contribution in [1.82, 2.24) is 5.32 Å². The lowest BCUT2D eigenvalue weighted by Crippen LogP contribution is -2.31. The van der Waals surface area contributed by atoms with Gasteiger partial charge in [0, 0.05) is 32.8 Å². The molecule has 0 heterocycles. The van der Waals surface area contributed by atoms with Gasteiger partial charge in [0.1, 0.15) is 0 Å². The fourth-order valence-corrected chi connectivity index (χ4v) is 2.74. The van der Waals surface area contributed by atoms with E-state index in [0.717, 1.165) is 36.4 Å². The van der Waals surface area contributed by atoms with E-state index in [1.807, 2.05) is 0 Å². The Morgan fingerprint density at radius 3 is 2.71 bits per heavy atom. The van der Waals surface area contributed by atoms with Crippen molar-refractivity contribution in [3.8, 4) is 0 Å². The molecular weight excluding hydrogens is 284 g/mol. The number of nitrogens with one attached hydrogen (secondary N) is 1. The van der Waals surface area contributed by atoms with E-state index < -0.39 is 0 Å². The van der Waals surface area contributed by atoms with E-state index in [0.29, 0.717) is 12.5 Å². The number of methoxy groups -OCH3 is 1. The van der Waals surface area contributed by atoms with Crippen molar-refractivity contribution >= 4 is 17.3 Å². The number of ether oxygens (including phenoxy) is 1. The van der Waals surface area contributed by atoms with Gasteiger partial charge in [0.25, 0.3) is 0 Å². The van der Waals surface area contributed by atoms with Gasteiger partial charge in [0.15, 0.2) is 0 Å². The number of halogens is 1. The molecule has 21 heavy (non-hydrogen) atoms. The first-order valence-electron chi connectivity index (χ1n) is 7.86. The summed E-state index contributed by atoms with van der Waals surface area (Å²) in [6, 6.07) is 7.13. The molecule has 0 spiro atoms. The number of rotatable bonds is 9. The van der Waals surface area contributed by atoms with Crippen LogP contribution >= 0.6 is 11.6 Å². The summed E-state index contributed by atoms with van der Waals surface area (Å²) >= 11 is 6.51. The number of hydrogen-bond donors (Lipinski definition) is 1. The van der Waals surface area contributed by atoms with E-state index in [1.165, 1.54) is 18.4 Å². The minimum absolute atomic E-state index is 0.592. The zero-order valence-corrected chi connectivity index (χ0v) is 14.1. The summed E-state index contributed by atoms with van der Waals surface area (Å²) in [6.45, 7) is 7.93. The zero-order chi connectivity index (χ0) is 15.2. The second-order valence-corrected chi connectivity index (χ2v) is 6.68. The second kappa shape index (κ2) is 8.02. The molecular formula is C17H27ClN2O. The van der Waals surface area contributed by atoms with Crippen molar-refractivity contribution < 1.29 is 4.74 Å². The third-order valence-electron chi connectivity index (χ3n) is 3.68. The van der Waals surface area contributed by atoms with Gasteiger partial charge in [-0.25, -0.2) is 0 Å². The molecule has 2 rings (SSSR count). The van der Waals surface area contributed by atoms with E-state index in [2.05, 4.69) is 42.3 Å². The van der Waals surface area contributed by atoms with E-state index in [9.17, 15) is 0 Å². The third kappa shape index (κ3) is 5.50. The molecule has 4 heteroatoms. The van der Waals surface area contributed by atoms with Crippen LogP contribution in [0.3, 0.4) is 0 Å². The average molecular weight is 311 g/mol. The number of anilines is 1. The first-order valence-corrected chi connectivity index (χ1v) is 8.23. The zero-order valence-electron chi connectivity index (χ0n) is 13.4. The SMILES string of the molecule is COCCN(CC(C)C)c1ccc(CNC2CC2)cc1Cl. The van der Waals surface area contributed by atoms with Crippen molar-refractivity contribution in [3.05, 3.63) is 28.8 Å². The summed E-state index contributed by atoms with van der Waals surface area (Å²) in [5, 5.41) is 4.36. The Bertz CT molecular complexity index is 446. The van der Waals surface area contributed by atoms with Gasteiger partial charge in [-0.05, 0) is 36.5 Å². The standard InChI is InChI=1S/C17H27ClN2O/c1-13(2)12-20(8-9-21-3)17-7-4-14(10-16(17)18)11-19-15-5-6-15/h4,7,10,13,15,19H,5-6,8-9,11-12H2,1-3H3. The quantitative estimate of drug-likeness (QED) is 0.752. The molecule has 0 atom stereocenters. The van der Waals surface area contributed by atoms with E-state index in [4.69, 9.17) is 16.3 Å². The molecule has 0 unspecified atom stereocenters. The molecule has 1 N–H and O–H groups in total. The highest BCUT2D eigenvalue weighted by atomic mass is 35.5. The first-order chi connectivity index (χ1) is 10.1. The number of hydrogen-bond acceptors (Lipinski definition) is 3. The lowest BCUT2D eigenvalue weighted by Gasteiger charge is -2.27. The van der Waals surface area contributed by atoms with Gasteiger partial charge in [-0.1, -0.05) is 31.5 Å². The van der Waals surface area contributed by atoms with Gasteiger partial charge >= 0.3 is 0 Å². The fraction of sp³-hybridized carbons (Fsp3) is 0.647. The van der Waals surface area contributed by atoms with Crippen LogP contribution in [0.1, 0.15) is 32.3 Å². The molecule has 0 aliphatic heterocycles. The highest BCUT2D eigenvalue weighted by molar-refractivity contribution is 6.33. The third-order valence-corrected chi connectivity index (χ3v) is 3.98. The summed E-state index contributed by atoms with van der Waals surface area (Å²) in [4.78, 5) is 2.31. The molecule has 0 saturated heterocycles. The topological polar surface area (TPSA) is 24.5 Å². The lowest BCUT2D eigenvalue weighted by atomic mass is 10.1. The normalized spacial score (nSPS) is 14.7. The Morgan fingerprint density at radius 2 is 2.14 bits per heavy atom. The Kier molecular flexibility index (Phi) is 6.34. The summed E-state index contributed by atoms with van der Waals surface area (Å²) in [5.41, 5.74) is 2.37. The van der Waals surface area contributed by atoms with E-state index in [1.54, 1.807) is 7.11 Å². The van der Waals surface area contributed by atoms with Crippen molar-refractivity contribution in [2.24, 2.45) is 5.92 Å². The van der Waals surface area contributed by atoms with Gasteiger partial charge in [-0.3, -0.25) is 0 Å². The molecule has 1 saturated carbocycles. The molecule has 0 radical (unpaired) electrons. The average Bonchev–Trinajstić information content (AvgIpc) is 3.25. The summed E-state index contributed by atoms with van der Waals surface area (Å²) in [5.74, 6) is 0.592. The van der Waals surface area contributed by atoms with Crippen LogP contribution < -0.4 is 10.2 Å². The van der Waals surface area contributed by atoms with Crippen LogP contribution in [0.4, 0.5) is 5.69 Å². The van der Waals surface area contributed by atoms with Gasteiger partial charge in [0.05, 0.1) is 17.3 Å². The maximum Gasteiger partial charge on any atom is 0.0642 e. The van der Waals surface area contributed by atoms with Crippen LogP contribution in [-0.2, 0) is 11.3 Å². The maximum atomic E-state index is 6.51. The Balaban J connectivity index is 2.03. The minimum Gasteiger partial charge on any atom is -0.383 e. The Labute approximate surface area is 133 Å². The van der Waals surface area contributed by atoms with Gasteiger partial charge in [0.2, 0.25) is 0 Å². The predicted octanol–water partition coefficient (Wildman–Crippen LogP) is 3.70. The van der Waals surface area contributed by atoms with Crippen molar-refractivity contribution in [2.75, 3.05) is 31.7 Å². The van der Waals surface area contributed by atoms with Crippen molar-refractivity contribution in [2.45, 2.75) is 39.3 Å². The minimum atomic E-state index is 0.592. The molecule has 0 aromatic heterocycles. The van der Waals surface area contributed by atoms with Crippen molar-refractivity contribution in [3.63, 3.8) is 0 Å². The largest absolute Gasteiger partial charge is 0.383 e. The lowest BCUT2D eigenvalue weighted by molar-refractivity contribution is 0.204. The van der Waals surface area contributed by atoms with Crippen LogP contribution in [0.15, 0.2) is 18.2 Å². The van der Waals surface area contributed by atoms with Crippen LogP contribution in [0.25, 0.3) is 0 Å². The van der Waals surface area contributed by atoms with Gasteiger partial charge in [-0.15, -0.1) is 0 Å². The molecule has 118 valence electrons. The molecule has 1 fully saturated rings. The summed E-state index contributed by atoms with van der Waals surface area (Å²) in [6.07, 6.45) is 2.62. The highest BCUT2D eigenvalue weighted by Crippen LogP contribution is 2.28. The molecule has 1 aliphatic rings. The highest BCUT2D eigenvalue weighted by Gasteiger charge is 2.20. The first kappa shape index (κ1) is 16.6. The summed E-state index contributed by atoms with van der Waals surface area (Å²) < 4.78 is 5.22. The molecule has 0 bridgehead atoms. The maximum absolute atomic E-state index is 6.51.